The van der Waals surface area contributed by atoms with Crippen LogP contribution in [0.4, 0.5) is 5.13 Å². The number of carbonyl (C=O) groups excluding carboxylic acids is 1. The number of hydrogen-bond donors (Lipinski definition) is 1. The van der Waals surface area contributed by atoms with E-state index in [4.69, 9.17) is 4.42 Å². The number of aromatic nitrogens is 3. The van der Waals surface area contributed by atoms with Crippen molar-refractivity contribution in [1.29, 1.82) is 0 Å². The molecule has 3 aromatic heterocycles. The largest absolute Gasteiger partial charge is 0.462 e. The monoisotopic (exact) mass is 306 g/mol. The predicted octanol–water partition coefficient (Wildman–Crippen LogP) is 3.07. The van der Waals surface area contributed by atoms with E-state index in [0.29, 0.717) is 21.6 Å². The first kappa shape index (κ1) is 12.9. The number of nitrogens with zero attached hydrogens (tertiary/aromatic N) is 3. The third kappa shape index (κ3) is 2.61. The van der Waals surface area contributed by atoms with Gasteiger partial charge in [-0.3, -0.25) is 10.1 Å². The minimum atomic E-state index is -0.294. The molecule has 0 unspecified atom stereocenters. The van der Waals surface area contributed by atoms with Crippen LogP contribution in [0.5, 0.6) is 0 Å². The normalized spacial score (nSPS) is 10.7. The number of carbonyl (C=O) groups is 1. The van der Waals surface area contributed by atoms with Gasteiger partial charge in [-0.1, -0.05) is 18.3 Å². The number of nitrogens with one attached hydrogen (secondary N) is 1. The van der Waals surface area contributed by atoms with E-state index in [1.54, 1.807) is 23.8 Å². The van der Waals surface area contributed by atoms with Gasteiger partial charge >= 0.3 is 0 Å². The highest BCUT2D eigenvalue weighted by molar-refractivity contribution is 7.15. The van der Waals surface area contributed by atoms with E-state index in [1.165, 1.54) is 22.7 Å². The Morgan fingerprint density at radius 1 is 1.45 bits per heavy atom. The number of aryl methyl sites for hydroxylation is 1. The molecule has 0 saturated carbocycles. The maximum absolute atomic E-state index is 12.0. The summed E-state index contributed by atoms with van der Waals surface area (Å²) in [7, 11) is 0. The van der Waals surface area contributed by atoms with Crippen molar-refractivity contribution >= 4 is 33.7 Å². The summed E-state index contributed by atoms with van der Waals surface area (Å²) in [5, 5.41) is 14.3. The van der Waals surface area contributed by atoms with Crippen LogP contribution < -0.4 is 5.32 Å². The highest BCUT2D eigenvalue weighted by atomic mass is 32.1. The van der Waals surface area contributed by atoms with Crippen LogP contribution in [-0.4, -0.2) is 21.1 Å². The van der Waals surface area contributed by atoms with E-state index in [0.717, 1.165) is 11.4 Å². The fraction of sp³-hybridized carbons (Fsp3) is 0.167. The summed E-state index contributed by atoms with van der Waals surface area (Å²) in [4.78, 5) is 16.3. The molecule has 0 bridgehead atoms. The van der Waals surface area contributed by atoms with Crippen LogP contribution in [0.2, 0.25) is 0 Å². The molecule has 0 spiro atoms. The molecule has 0 aliphatic carbocycles. The van der Waals surface area contributed by atoms with Gasteiger partial charge in [0.2, 0.25) is 5.13 Å². The highest BCUT2D eigenvalue weighted by Crippen LogP contribution is 2.24. The molecule has 0 fully saturated rings. The molecule has 0 aliphatic heterocycles. The fourth-order valence-electron chi connectivity index (χ4n) is 1.50. The molecule has 0 saturated heterocycles. The van der Waals surface area contributed by atoms with Crippen molar-refractivity contribution in [2.24, 2.45) is 0 Å². The summed E-state index contributed by atoms with van der Waals surface area (Å²) in [6.45, 7) is 1.99. The second-order valence-electron chi connectivity index (χ2n) is 3.82. The molecule has 1 N–H and O–H groups in total. The molecule has 0 atom stereocenters. The first-order valence-electron chi connectivity index (χ1n) is 5.89. The smallest absolute Gasteiger partial charge is 0.276 e. The van der Waals surface area contributed by atoms with Crippen LogP contribution in [0.1, 0.15) is 22.4 Å². The van der Waals surface area contributed by atoms with Gasteiger partial charge in [-0.05, 0) is 18.6 Å². The SMILES string of the molecule is CCc1nnc(NC(=O)c2csc(-c3ccco3)n2)s1. The lowest BCUT2D eigenvalue weighted by atomic mass is 10.4. The van der Waals surface area contributed by atoms with Gasteiger partial charge in [0.15, 0.2) is 10.8 Å². The quantitative estimate of drug-likeness (QED) is 0.801. The zero-order chi connectivity index (χ0) is 13.9. The molecule has 6 nitrogen and oxygen atoms in total. The topological polar surface area (TPSA) is 80.9 Å². The van der Waals surface area contributed by atoms with Crippen molar-refractivity contribution < 1.29 is 9.21 Å². The maximum atomic E-state index is 12.0. The number of hydrogen-bond acceptors (Lipinski definition) is 7. The van der Waals surface area contributed by atoms with E-state index < -0.39 is 0 Å². The van der Waals surface area contributed by atoms with Gasteiger partial charge < -0.3 is 4.42 Å². The number of amides is 1. The van der Waals surface area contributed by atoms with E-state index in [1.807, 2.05) is 6.92 Å². The summed E-state index contributed by atoms with van der Waals surface area (Å²) >= 11 is 2.72. The van der Waals surface area contributed by atoms with Crippen LogP contribution in [-0.2, 0) is 6.42 Å². The van der Waals surface area contributed by atoms with Gasteiger partial charge in [0, 0.05) is 5.38 Å². The first-order chi connectivity index (χ1) is 9.76. The molecule has 3 aromatic rings. The van der Waals surface area contributed by atoms with Crippen LogP contribution in [0, 0.1) is 0 Å². The van der Waals surface area contributed by atoms with E-state index >= 15 is 0 Å². The zero-order valence-corrected chi connectivity index (χ0v) is 12.1. The summed E-state index contributed by atoms with van der Waals surface area (Å²) in [6.07, 6.45) is 2.37. The molecular formula is C12H10N4O2S2. The Morgan fingerprint density at radius 3 is 3.05 bits per heavy atom. The lowest BCUT2D eigenvalue weighted by molar-refractivity contribution is 0.102. The Balaban J connectivity index is 1.74. The van der Waals surface area contributed by atoms with Crippen molar-refractivity contribution in [2.45, 2.75) is 13.3 Å². The Morgan fingerprint density at radius 2 is 2.35 bits per heavy atom. The molecule has 0 aromatic carbocycles. The fourth-order valence-corrected chi connectivity index (χ4v) is 2.94. The second-order valence-corrected chi connectivity index (χ2v) is 5.74. The number of anilines is 1. The van der Waals surface area contributed by atoms with Gasteiger partial charge in [0.1, 0.15) is 10.7 Å². The van der Waals surface area contributed by atoms with Crippen LogP contribution >= 0.6 is 22.7 Å². The molecular weight excluding hydrogens is 296 g/mol. The lowest BCUT2D eigenvalue weighted by Gasteiger charge is -1.95. The molecule has 20 heavy (non-hydrogen) atoms. The zero-order valence-electron chi connectivity index (χ0n) is 10.5. The summed E-state index contributed by atoms with van der Waals surface area (Å²) in [5.41, 5.74) is 0.342. The number of furan rings is 1. The standard InChI is InChI=1S/C12H10N4O2S2/c1-2-9-15-16-12(20-9)14-10(17)7-6-19-11(13-7)8-4-3-5-18-8/h3-6H,2H2,1H3,(H,14,16,17). The van der Waals surface area contributed by atoms with Crippen LogP contribution in [0.15, 0.2) is 28.2 Å². The Kier molecular flexibility index (Phi) is 3.57. The van der Waals surface area contributed by atoms with E-state index in [2.05, 4.69) is 20.5 Å². The Hall–Kier alpha value is -2.06. The van der Waals surface area contributed by atoms with E-state index in [-0.39, 0.29) is 5.91 Å². The average molecular weight is 306 g/mol. The van der Waals surface area contributed by atoms with Gasteiger partial charge in [-0.25, -0.2) is 4.98 Å². The Labute approximate surface area is 122 Å². The summed E-state index contributed by atoms with van der Waals surface area (Å²) < 4.78 is 5.24. The van der Waals surface area contributed by atoms with Crippen molar-refractivity contribution in [3.05, 3.63) is 34.5 Å². The number of thiazole rings is 1. The second kappa shape index (κ2) is 5.51. The van der Waals surface area contributed by atoms with Gasteiger partial charge in [0.05, 0.1) is 6.26 Å². The molecule has 0 aliphatic rings. The number of rotatable bonds is 4. The van der Waals surface area contributed by atoms with Crippen LogP contribution in [0.25, 0.3) is 10.8 Å². The van der Waals surface area contributed by atoms with Crippen molar-refractivity contribution in [3.63, 3.8) is 0 Å². The molecule has 102 valence electrons. The maximum Gasteiger partial charge on any atom is 0.276 e. The summed E-state index contributed by atoms with van der Waals surface area (Å²) in [6, 6.07) is 3.59. The minimum Gasteiger partial charge on any atom is -0.462 e. The van der Waals surface area contributed by atoms with Crippen molar-refractivity contribution in [2.75, 3.05) is 5.32 Å². The molecule has 1 amide bonds. The van der Waals surface area contributed by atoms with E-state index in [9.17, 15) is 4.79 Å². The van der Waals surface area contributed by atoms with Crippen molar-refractivity contribution in [1.82, 2.24) is 15.2 Å². The highest BCUT2D eigenvalue weighted by Gasteiger charge is 2.15. The summed E-state index contributed by atoms with van der Waals surface area (Å²) in [5.74, 6) is 0.357. The molecule has 0 radical (unpaired) electrons. The molecule has 3 rings (SSSR count). The predicted molar refractivity (Wildman–Crippen MR) is 77.1 cm³/mol. The molecule has 3 heterocycles. The third-order valence-electron chi connectivity index (χ3n) is 2.46. The molecule has 8 heteroatoms. The van der Waals surface area contributed by atoms with Crippen LogP contribution in [0.3, 0.4) is 0 Å². The van der Waals surface area contributed by atoms with Crippen molar-refractivity contribution in [3.8, 4) is 10.8 Å². The third-order valence-corrected chi connectivity index (χ3v) is 4.30. The first-order valence-corrected chi connectivity index (χ1v) is 7.59. The van der Waals surface area contributed by atoms with Gasteiger partial charge in [0.25, 0.3) is 5.91 Å². The minimum absolute atomic E-state index is 0.294. The van der Waals surface area contributed by atoms with Gasteiger partial charge in [-0.2, -0.15) is 0 Å². The lowest BCUT2D eigenvalue weighted by Crippen LogP contribution is -2.12. The average Bonchev–Trinajstić information content (AvgIpc) is 3.19. The Bertz CT molecular complexity index is 717. The van der Waals surface area contributed by atoms with Gasteiger partial charge in [-0.15, -0.1) is 21.5 Å².